The minimum atomic E-state index is -2.79. The van der Waals surface area contributed by atoms with Crippen LogP contribution in [0.1, 0.15) is 12.4 Å². The van der Waals surface area contributed by atoms with Gasteiger partial charge in [-0.05, 0) is 42.4 Å². The van der Waals surface area contributed by atoms with Crippen molar-refractivity contribution in [3.05, 3.63) is 70.9 Å². The van der Waals surface area contributed by atoms with Crippen molar-refractivity contribution in [2.24, 2.45) is 0 Å². The Balaban J connectivity index is 1.39. The molecule has 0 bridgehead atoms. The third-order valence-corrected chi connectivity index (χ3v) is 11.2. The molecule has 1 aliphatic rings. The maximum atomic E-state index is 13.6. The maximum absolute atomic E-state index is 13.6. The van der Waals surface area contributed by atoms with E-state index < -0.39 is 14.6 Å². The Labute approximate surface area is 309 Å². The highest BCUT2D eigenvalue weighted by atomic mass is 35.5. The molecular formula is C34H38Cl2F2N10O3Si. The highest BCUT2D eigenvalue weighted by Crippen LogP contribution is 2.35. The van der Waals surface area contributed by atoms with Crippen LogP contribution >= 0.6 is 23.2 Å². The lowest BCUT2D eigenvalue weighted by atomic mass is 10.2. The van der Waals surface area contributed by atoms with Gasteiger partial charge in [-0.25, -0.2) is 9.67 Å². The molecule has 274 valence electrons. The monoisotopic (exact) mass is 770 g/mol. The predicted molar refractivity (Wildman–Crippen MR) is 199 cm³/mol. The molecule has 1 saturated heterocycles. The van der Waals surface area contributed by atoms with E-state index in [0.717, 1.165) is 17.2 Å². The first-order chi connectivity index (χ1) is 25.0. The fourth-order valence-electron chi connectivity index (χ4n) is 5.87. The summed E-state index contributed by atoms with van der Waals surface area (Å²) in [6, 6.07) is 12.1. The summed E-state index contributed by atoms with van der Waals surface area (Å²) in [5.41, 5.74) is 3.56. The molecule has 0 aliphatic carbocycles. The van der Waals surface area contributed by atoms with Crippen LogP contribution in [-0.4, -0.2) is 87.0 Å². The summed E-state index contributed by atoms with van der Waals surface area (Å²) in [7, 11) is 0.265. The van der Waals surface area contributed by atoms with E-state index in [1.165, 1.54) is 12.4 Å². The minimum Gasteiger partial charge on any atom is -0.497 e. The highest BCUT2D eigenvalue weighted by Gasteiger charge is 2.27. The van der Waals surface area contributed by atoms with Crippen LogP contribution in [0.3, 0.4) is 0 Å². The quantitative estimate of drug-likeness (QED) is 0.0863. The molecule has 7 rings (SSSR count). The third kappa shape index (κ3) is 7.57. The Hall–Kier alpha value is -4.35. The van der Waals surface area contributed by atoms with Crippen LogP contribution in [0.15, 0.2) is 55.0 Å². The number of fused-ring (bicyclic) bond motifs is 2. The van der Waals surface area contributed by atoms with E-state index >= 15 is 0 Å². The summed E-state index contributed by atoms with van der Waals surface area (Å²) in [4.78, 5) is 19.1. The van der Waals surface area contributed by atoms with Crippen molar-refractivity contribution in [3.8, 4) is 16.9 Å². The molecule has 4 aromatic heterocycles. The highest BCUT2D eigenvalue weighted by molar-refractivity contribution is 6.76. The Morgan fingerprint density at radius 1 is 0.981 bits per heavy atom. The standard InChI is InChI=1S/C34H38Cl2F2N10O3Si/c1-49-24-7-5-23(6-8-24)45(20-30-41-28-15-26(35)27(36)16-29(28)46(30)21-51-13-14-52(2,3)4)34-43-33(44-9-11-50-12-10-44)42-31-25(18-40-48(31)34)22-17-39-47(19-22)32(37)38/h5-8,15-19,32H,9-14,20-21H2,1-4H3. The molecule has 13 nitrogen and oxygen atoms in total. The second-order valence-corrected chi connectivity index (χ2v) is 20.0. The van der Waals surface area contributed by atoms with Crippen molar-refractivity contribution in [2.45, 2.75) is 45.5 Å². The van der Waals surface area contributed by atoms with E-state index in [1.807, 2.05) is 38.6 Å². The topological polar surface area (TPSA) is 113 Å². The number of benzene rings is 2. The van der Waals surface area contributed by atoms with Gasteiger partial charge in [-0.3, -0.25) is 0 Å². The molecule has 0 spiro atoms. The van der Waals surface area contributed by atoms with Gasteiger partial charge in [0.1, 0.15) is 18.3 Å². The van der Waals surface area contributed by atoms with Crippen molar-refractivity contribution in [2.75, 3.05) is 49.8 Å². The number of hydrogen-bond donors (Lipinski definition) is 0. The lowest BCUT2D eigenvalue weighted by molar-refractivity contribution is 0.0566. The normalized spacial score (nSPS) is 13.9. The zero-order valence-corrected chi connectivity index (χ0v) is 31.7. The van der Waals surface area contributed by atoms with Gasteiger partial charge in [0.15, 0.2) is 5.65 Å². The van der Waals surface area contributed by atoms with E-state index in [0.29, 0.717) is 93.4 Å². The summed E-state index contributed by atoms with van der Waals surface area (Å²) in [6.07, 6.45) is 4.24. The zero-order chi connectivity index (χ0) is 36.6. The first-order valence-corrected chi connectivity index (χ1v) is 21.2. The fourth-order valence-corrected chi connectivity index (χ4v) is 6.94. The van der Waals surface area contributed by atoms with E-state index in [4.69, 9.17) is 57.5 Å². The van der Waals surface area contributed by atoms with E-state index in [-0.39, 0.29) is 13.3 Å². The fraction of sp³-hybridized carbons (Fsp3) is 0.382. The van der Waals surface area contributed by atoms with Gasteiger partial charge in [0.05, 0.1) is 60.3 Å². The third-order valence-electron chi connectivity index (χ3n) is 8.76. The van der Waals surface area contributed by atoms with Crippen LogP contribution in [0.25, 0.3) is 27.8 Å². The Morgan fingerprint density at radius 3 is 2.42 bits per heavy atom. The van der Waals surface area contributed by atoms with Gasteiger partial charge >= 0.3 is 6.55 Å². The van der Waals surface area contributed by atoms with Gasteiger partial charge in [-0.2, -0.15) is 33.5 Å². The van der Waals surface area contributed by atoms with Gasteiger partial charge in [0.2, 0.25) is 11.9 Å². The van der Waals surface area contributed by atoms with Crippen molar-refractivity contribution in [3.63, 3.8) is 0 Å². The molecule has 0 saturated carbocycles. The van der Waals surface area contributed by atoms with Crippen molar-refractivity contribution < 1.29 is 23.0 Å². The smallest absolute Gasteiger partial charge is 0.333 e. The molecule has 0 N–H and O–H groups in total. The Bertz CT molecular complexity index is 2180. The number of rotatable bonds is 13. The van der Waals surface area contributed by atoms with Crippen molar-refractivity contribution in [1.29, 1.82) is 0 Å². The summed E-state index contributed by atoms with van der Waals surface area (Å²) >= 11 is 13.0. The maximum Gasteiger partial charge on any atom is 0.333 e. The second kappa shape index (κ2) is 14.9. The second-order valence-electron chi connectivity index (χ2n) is 13.5. The largest absolute Gasteiger partial charge is 0.497 e. The molecule has 6 aromatic rings. The van der Waals surface area contributed by atoms with Gasteiger partial charge in [0, 0.05) is 50.8 Å². The van der Waals surface area contributed by atoms with Gasteiger partial charge < -0.3 is 28.6 Å². The Kier molecular flexibility index (Phi) is 10.4. The van der Waals surface area contributed by atoms with Crippen molar-refractivity contribution >= 4 is 65.5 Å². The van der Waals surface area contributed by atoms with E-state index in [2.05, 4.69) is 24.7 Å². The summed E-state index contributed by atoms with van der Waals surface area (Å²) in [5, 5.41) is 9.35. The van der Waals surface area contributed by atoms with Crippen LogP contribution in [0.5, 0.6) is 5.75 Å². The number of ether oxygens (including phenoxy) is 3. The lowest BCUT2D eigenvalue weighted by Crippen LogP contribution is -2.38. The molecule has 5 heterocycles. The molecule has 2 aromatic carbocycles. The number of imidazole rings is 1. The predicted octanol–water partition coefficient (Wildman–Crippen LogP) is 7.54. The molecular weight excluding hydrogens is 733 g/mol. The molecule has 0 atom stereocenters. The first kappa shape index (κ1) is 36.0. The van der Waals surface area contributed by atoms with Gasteiger partial charge in [-0.1, -0.05) is 42.8 Å². The van der Waals surface area contributed by atoms with Crippen LogP contribution in [-0.2, 0) is 22.7 Å². The summed E-state index contributed by atoms with van der Waals surface area (Å²) in [5.74, 6) is 2.19. The minimum absolute atomic E-state index is 0.209. The number of halogens is 4. The van der Waals surface area contributed by atoms with E-state index in [9.17, 15) is 8.78 Å². The van der Waals surface area contributed by atoms with E-state index in [1.54, 1.807) is 30.0 Å². The number of aromatic nitrogens is 8. The summed E-state index contributed by atoms with van der Waals surface area (Å²) < 4.78 is 48.7. The van der Waals surface area contributed by atoms with Crippen molar-refractivity contribution in [1.82, 2.24) is 38.9 Å². The van der Waals surface area contributed by atoms with Crippen LogP contribution in [0.4, 0.5) is 26.4 Å². The molecule has 0 radical (unpaired) electrons. The molecule has 18 heteroatoms. The number of morpholine rings is 1. The van der Waals surface area contributed by atoms with Gasteiger partial charge in [0.25, 0.3) is 0 Å². The molecule has 52 heavy (non-hydrogen) atoms. The average Bonchev–Trinajstić information content (AvgIpc) is 3.87. The first-order valence-electron chi connectivity index (χ1n) is 16.7. The van der Waals surface area contributed by atoms with Gasteiger partial charge in [-0.15, -0.1) is 0 Å². The lowest BCUT2D eigenvalue weighted by Gasteiger charge is -2.29. The molecule has 1 fully saturated rings. The Morgan fingerprint density at radius 2 is 1.73 bits per heavy atom. The zero-order valence-electron chi connectivity index (χ0n) is 29.1. The molecule has 0 unspecified atom stereocenters. The number of nitrogens with zero attached hydrogens (tertiary/aromatic N) is 10. The van der Waals surface area contributed by atoms with Crippen LogP contribution < -0.4 is 14.5 Å². The number of alkyl halides is 2. The molecule has 1 aliphatic heterocycles. The summed E-state index contributed by atoms with van der Waals surface area (Å²) in [6.45, 7) is 7.33. The van der Waals surface area contributed by atoms with Crippen LogP contribution in [0, 0.1) is 0 Å². The number of anilines is 3. The van der Waals surface area contributed by atoms with Crippen LogP contribution in [0.2, 0.25) is 35.7 Å². The molecule has 0 amide bonds. The average molecular weight is 772 g/mol. The number of methoxy groups -OCH3 is 1. The number of hydrogen-bond acceptors (Lipinski definition) is 10. The SMILES string of the molecule is COc1ccc(N(Cc2nc3cc(Cl)c(Cl)cc3n2COCC[Si](C)(C)C)c2nc(N3CCOCC3)nc3c(-c4cnn(C(F)F)c4)cnn23)cc1.